The van der Waals surface area contributed by atoms with Gasteiger partial charge < -0.3 is 34.6 Å². The average molecular weight is 663 g/mol. The lowest BCUT2D eigenvalue weighted by molar-refractivity contribution is -0.757. The first kappa shape index (κ1) is 35.1. The number of unbranched alkanes of at least 4 members (excludes halogenated alkanes) is 1. The highest BCUT2D eigenvalue weighted by molar-refractivity contribution is 6.01. The van der Waals surface area contributed by atoms with Gasteiger partial charge in [-0.1, -0.05) is 38.8 Å². The zero-order valence-electron chi connectivity index (χ0n) is 27.2. The van der Waals surface area contributed by atoms with E-state index in [0.717, 1.165) is 24.8 Å². The van der Waals surface area contributed by atoms with Crippen LogP contribution in [0.25, 0.3) is 0 Å². The molecule has 260 valence electrons. The van der Waals surface area contributed by atoms with Gasteiger partial charge in [-0.2, -0.15) is 0 Å². The summed E-state index contributed by atoms with van der Waals surface area (Å²) in [5.41, 5.74) is 4.14. The van der Waals surface area contributed by atoms with Crippen LogP contribution in [0.15, 0.2) is 23.8 Å². The standard InChI is InChI=1S/C33H46N2O12/c1-4-7-28-46-26-15-22-21-9-8-19-14-20(36)10-11-31(19,2)29(21)24(37)17-32(22,3)33(26,47-28)25(38)18-44-27(39)16-23(34)30(40)43-12-5-6-13-45-35(41)42/h10-11,14,21-24,26,28-29,37H,4-9,12-13,15-18,34H2,1-3H3/t21?,22?,23?,24-,26+,28?,29?,31-,32-,33-/m0/s1. The van der Waals surface area contributed by atoms with Crippen LogP contribution in [0.4, 0.5) is 0 Å². The number of hydrogen-bond donors (Lipinski definition) is 2. The molecule has 5 unspecified atom stereocenters. The van der Waals surface area contributed by atoms with E-state index in [1.807, 2.05) is 19.9 Å². The maximum absolute atomic E-state index is 14.2. The fourth-order valence-corrected chi connectivity index (χ4v) is 9.20. The predicted molar refractivity (Wildman–Crippen MR) is 162 cm³/mol. The fraction of sp³-hybridized carbons (Fsp3) is 0.758. The molecule has 47 heavy (non-hydrogen) atoms. The lowest BCUT2D eigenvalue weighted by atomic mass is 9.46. The Morgan fingerprint density at radius 3 is 2.68 bits per heavy atom. The first-order valence-corrected chi connectivity index (χ1v) is 16.6. The van der Waals surface area contributed by atoms with E-state index in [1.54, 1.807) is 12.2 Å². The molecule has 5 aliphatic rings. The molecule has 1 heterocycles. The number of allylic oxidation sites excluding steroid dienone is 4. The van der Waals surface area contributed by atoms with Crippen molar-refractivity contribution in [3.8, 4) is 0 Å². The molecule has 14 heteroatoms. The molecule has 0 spiro atoms. The topological polar surface area (TPSA) is 204 Å². The van der Waals surface area contributed by atoms with Gasteiger partial charge in [-0.05, 0) is 68.9 Å². The van der Waals surface area contributed by atoms with E-state index in [4.69, 9.17) is 24.7 Å². The molecule has 0 aromatic heterocycles. The monoisotopic (exact) mass is 662 g/mol. The minimum atomic E-state index is -1.45. The third-order valence-electron chi connectivity index (χ3n) is 11.3. The number of ether oxygens (including phenoxy) is 4. The van der Waals surface area contributed by atoms with Gasteiger partial charge in [0.05, 0.1) is 31.8 Å². The second kappa shape index (κ2) is 13.7. The fourth-order valence-electron chi connectivity index (χ4n) is 9.20. The highest BCUT2D eigenvalue weighted by atomic mass is 16.9. The number of aliphatic hydroxyl groups excluding tert-OH is 1. The Labute approximate surface area is 273 Å². The van der Waals surface area contributed by atoms with E-state index < -0.39 is 76.8 Å². The van der Waals surface area contributed by atoms with Gasteiger partial charge in [-0.25, -0.2) is 0 Å². The van der Waals surface area contributed by atoms with Crippen molar-refractivity contribution in [3.05, 3.63) is 33.9 Å². The van der Waals surface area contributed by atoms with E-state index in [-0.39, 0.29) is 49.6 Å². The summed E-state index contributed by atoms with van der Waals surface area (Å²) in [7, 11) is 0. The normalized spacial score (nSPS) is 37.5. The number of ketones is 2. The van der Waals surface area contributed by atoms with Crippen molar-refractivity contribution in [2.45, 2.75) is 109 Å². The number of nitrogens with two attached hydrogens (primary N) is 1. The summed E-state index contributed by atoms with van der Waals surface area (Å²) in [4.78, 5) is 65.8. The minimum absolute atomic E-state index is 0.0261. The first-order valence-electron chi connectivity index (χ1n) is 16.6. The number of hydrogen-bond acceptors (Lipinski definition) is 13. The molecule has 0 aromatic rings. The van der Waals surface area contributed by atoms with Crippen LogP contribution in [0, 0.1) is 38.7 Å². The molecule has 1 saturated heterocycles. The van der Waals surface area contributed by atoms with Gasteiger partial charge in [0.15, 0.2) is 24.3 Å². The number of aliphatic hydroxyl groups is 1. The van der Waals surface area contributed by atoms with E-state index >= 15 is 0 Å². The van der Waals surface area contributed by atoms with Crippen LogP contribution in [0.2, 0.25) is 0 Å². The second-order valence-electron chi connectivity index (χ2n) is 14.0. The molecule has 3 N–H and O–H groups in total. The summed E-state index contributed by atoms with van der Waals surface area (Å²) in [5.74, 6) is -2.32. The summed E-state index contributed by atoms with van der Waals surface area (Å²) >= 11 is 0. The zero-order chi connectivity index (χ0) is 34.1. The Morgan fingerprint density at radius 1 is 1.21 bits per heavy atom. The number of esters is 2. The van der Waals surface area contributed by atoms with Crippen molar-refractivity contribution < 1.29 is 53.2 Å². The van der Waals surface area contributed by atoms with Crippen molar-refractivity contribution in [2.75, 3.05) is 19.8 Å². The number of rotatable bonds is 14. The van der Waals surface area contributed by atoms with Crippen LogP contribution in [0.5, 0.6) is 0 Å². The Balaban J connectivity index is 1.25. The Bertz CT molecular complexity index is 1330. The molecule has 5 rings (SSSR count). The summed E-state index contributed by atoms with van der Waals surface area (Å²) in [6.07, 6.45) is 6.95. The van der Waals surface area contributed by atoms with Crippen molar-refractivity contribution in [1.82, 2.24) is 0 Å². The summed E-state index contributed by atoms with van der Waals surface area (Å²) < 4.78 is 23.4. The number of carbonyl (C=O) groups excluding carboxylic acids is 4. The van der Waals surface area contributed by atoms with Crippen LogP contribution in [0.3, 0.4) is 0 Å². The van der Waals surface area contributed by atoms with Gasteiger partial charge >= 0.3 is 11.9 Å². The molecule has 0 amide bonds. The van der Waals surface area contributed by atoms with E-state index in [0.29, 0.717) is 19.3 Å². The zero-order valence-corrected chi connectivity index (χ0v) is 27.2. The lowest BCUT2D eigenvalue weighted by Gasteiger charge is -2.59. The van der Waals surface area contributed by atoms with Crippen LogP contribution >= 0.6 is 0 Å². The number of carbonyl (C=O) groups is 4. The molecule has 4 fully saturated rings. The van der Waals surface area contributed by atoms with E-state index in [9.17, 15) is 34.4 Å². The van der Waals surface area contributed by atoms with Crippen LogP contribution in [-0.2, 0) is 43.0 Å². The Hall–Kier alpha value is -3.20. The van der Waals surface area contributed by atoms with Gasteiger partial charge in [0, 0.05) is 16.7 Å². The SMILES string of the molecule is CCCC1O[C@@H]2CC3C4CCC5=CC(=O)C=C[C@]5(C)C4[C@@H](O)C[C@]3(C)[C@@]2(C(=O)COC(=O)CC(N)C(=O)OCCCCO[N+](=O)[O-])O1. The molecule has 0 radical (unpaired) electrons. The van der Waals surface area contributed by atoms with Gasteiger partial charge in [-0.3, -0.25) is 19.2 Å². The first-order chi connectivity index (χ1) is 22.3. The number of nitrogens with zero attached hydrogens (tertiary/aromatic N) is 1. The molecule has 14 nitrogen and oxygen atoms in total. The highest BCUT2D eigenvalue weighted by Crippen LogP contribution is 2.69. The van der Waals surface area contributed by atoms with Crippen LogP contribution in [-0.4, -0.2) is 83.7 Å². The molecule has 1 aliphatic heterocycles. The van der Waals surface area contributed by atoms with Crippen molar-refractivity contribution in [3.63, 3.8) is 0 Å². The van der Waals surface area contributed by atoms with E-state index in [2.05, 4.69) is 11.8 Å². The maximum Gasteiger partial charge on any atom is 0.323 e. The van der Waals surface area contributed by atoms with Crippen molar-refractivity contribution in [2.24, 2.45) is 34.3 Å². The summed E-state index contributed by atoms with van der Waals surface area (Å²) in [6.45, 7) is 5.26. The Kier molecular flexibility index (Phi) is 10.3. The van der Waals surface area contributed by atoms with Gasteiger partial charge in [0.2, 0.25) is 5.78 Å². The largest absolute Gasteiger partial charge is 0.465 e. The molecular formula is C33H46N2O12. The summed E-state index contributed by atoms with van der Waals surface area (Å²) in [5, 5.41) is 21.1. The van der Waals surface area contributed by atoms with Crippen molar-refractivity contribution in [1.29, 1.82) is 0 Å². The van der Waals surface area contributed by atoms with Gasteiger partial charge in [0.25, 0.3) is 5.09 Å². The van der Waals surface area contributed by atoms with Crippen LogP contribution < -0.4 is 5.73 Å². The molecule has 10 atom stereocenters. The third-order valence-corrected chi connectivity index (χ3v) is 11.3. The predicted octanol–water partition coefficient (Wildman–Crippen LogP) is 2.52. The smallest absolute Gasteiger partial charge is 0.323 e. The minimum Gasteiger partial charge on any atom is -0.465 e. The second-order valence-corrected chi connectivity index (χ2v) is 14.0. The molecular weight excluding hydrogens is 616 g/mol. The quantitative estimate of drug-likeness (QED) is 0.119. The molecule has 4 aliphatic carbocycles. The summed E-state index contributed by atoms with van der Waals surface area (Å²) in [6, 6.07) is -1.33. The van der Waals surface area contributed by atoms with Gasteiger partial charge in [-0.15, -0.1) is 10.1 Å². The molecule has 0 bridgehead atoms. The highest BCUT2D eigenvalue weighted by Gasteiger charge is 2.75. The molecule has 3 saturated carbocycles. The number of fused-ring (bicyclic) bond motifs is 7. The van der Waals surface area contributed by atoms with E-state index in [1.165, 1.54) is 0 Å². The third kappa shape index (κ3) is 6.36. The maximum atomic E-state index is 14.2. The van der Waals surface area contributed by atoms with Gasteiger partial charge in [0.1, 0.15) is 6.04 Å². The van der Waals surface area contributed by atoms with Crippen LogP contribution in [0.1, 0.15) is 78.6 Å². The number of Topliss-reactive ketones (excluding diaryl/α,β-unsaturated/α-hetero) is 1. The lowest BCUT2D eigenvalue weighted by Crippen LogP contribution is -2.63. The average Bonchev–Trinajstić information content (AvgIpc) is 3.49. The Morgan fingerprint density at radius 2 is 1.96 bits per heavy atom. The van der Waals surface area contributed by atoms with Crippen molar-refractivity contribution >= 4 is 23.5 Å². The molecule has 0 aromatic carbocycles.